The Morgan fingerprint density at radius 2 is 1.85 bits per heavy atom. The molecule has 2 saturated heterocycles. The minimum Gasteiger partial charge on any atom is -0.299 e. The number of hydrazine groups is 1. The smallest absolute Gasteiger partial charge is 0.163 e. The van der Waals surface area contributed by atoms with Gasteiger partial charge in [0.05, 0.1) is 0 Å². The van der Waals surface area contributed by atoms with Gasteiger partial charge in [-0.15, -0.1) is 0 Å². The normalized spacial score (nSPS) is 24.4. The molecule has 4 rings (SSSR count). The second kappa shape index (κ2) is 8.05. The molecule has 2 fully saturated rings. The first-order valence-corrected chi connectivity index (χ1v) is 9.82. The van der Waals surface area contributed by atoms with Gasteiger partial charge in [-0.3, -0.25) is 15.8 Å². The van der Waals surface area contributed by atoms with E-state index in [0.717, 1.165) is 32.5 Å². The number of hydrogen-bond donors (Lipinski definition) is 2. The molecule has 0 amide bonds. The highest BCUT2D eigenvalue weighted by atomic mass is 19.2. The molecule has 5 heteroatoms. The number of hydrogen-bond acceptors (Lipinski definition) is 3. The summed E-state index contributed by atoms with van der Waals surface area (Å²) in [5.74, 6) is -0.411. The Hall–Kier alpha value is -1.82. The highest BCUT2D eigenvalue weighted by molar-refractivity contribution is 5.28. The molecular formula is C22H27F2N3. The van der Waals surface area contributed by atoms with Crippen LogP contribution < -0.4 is 10.9 Å². The van der Waals surface area contributed by atoms with Gasteiger partial charge in [0, 0.05) is 30.6 Å². The second-order valence-electron chi connectivity index (χ2n) is 7.90. The van der Waals surface area contributed by atoms with Crippen molar-refractivity contribution in [1.82, 2.24) is 15.8 Å². The number of benzene rings is 2. The van der Waals surface area contributed by atoms with E-state index in [9.17, 15) is 8.78 Å². The van der Waals surface area contributed by atoms with Crippen LogP contribution >= 0.6 is 0 Å². The maximum atomic E-state index is 13.9. The fourth-order valence-corrected chi connectivity index (χ4v) is 4.57. The molecule has 2 aromatic rings. The van der Waals surface area contributed by atoms with Gasteiger partial charge in [-0.05, 0) is 50.4 Å². The number of rotatable bonds is 4. The van der Waals surface area contributed by atoms with Gasteiger partial charge in [0.25, 0.3) is 0 Å². The standard InChI is InChI=1S/C22H27F2N3/c1-15-4-2-5-17(12-15)19-13-25-26-22(19)16-8-10-27(11-9-16)14-18-6-3-7-20(23)21(18)24/h2-7,12,16,19,22,25-26H,8-11,13-14H2,1H3. The minimum atomic E-state index is -0.760. The van der Waals surface area contributed by atoms with Crippen molar-refractivity contribution in [2.75, 3.05) is 19.6 Å². The van der Waals surface area contributed by atoms with Gasteiger partial charge in [-0.1, -0.05) is 42.0 Å². The lowest BCUT2D eigenvalue weighted by Gasteiger charge is -2.36. The Kier molecular flexibility index (Phi) is 5.53. The maximum Gasteiger partial charge on any atom is 0.163 e. The zero-order chi connectivity index (χ0) is 18.8. The first kappa shape index (κ1) is 18.5. The second-order valence-corrected chi connectivity index (χ2v) is 7.90. The van der Waals surface area contributed by atoms with E-state index in [2.05, 4.69) is 46.9 Å². The molecular weight excluding hydrogens is 344 g/mol. The molecule has 2 N–H and O–H groups in total. The summed E-state index contributed by atoms with van der Waals surface area (Å²) in [7, 11) is 0. The van der Waals surface area contributed by atoms with Gasteiger partial charge >= 0.3 is 0 Å². The van der Waals surface area contributed by atoms with Gasteiger partial charge in [-0.25, -0.2) is 8.78 Å². The minimum absolute atomic E-state index is 0.417. The summed E-state index contributed by atoms with van der Waals surface area (Å²) < 4.78 is 27.4. The molecule has 0 spiro atoms. The first-order valence-electron chi connectivity index (χ1n) is 9.82. The molecule has 2 aliphatic heterocycles. The van der Waals surface area contributed by atoms with Crippen LogP contribution in [0.25, 0.3) is 0 Å². The number of nitrogens with zero attached hydrogens (tertiary/aromatic N) is 1. The Morgan fingerprint density at radius 1 is 1.07 bits per heavy atom. The van der Waals surface area contributed by atoms with E-state index >= 15 is 0 Å². The molecule has 0 aliphatic carbocycles. The third kappa shape index (κ3) is 4.05. The number of aryl methyl sites for hydroxylation is 1. The molecule has 0 bridgehead atoms. The van der Waals surface area contributed by atoms with E-state index in [0.29, 0.717) is 30.0 Å². The molecule has 2 heterocycles. The molecule has 2 unspecified atom stereocenters. The predicted molar refractivity (Wildman–Crippen MR) is 103 cm³/mol. The lowest BCUT2D eigenvalue weighted by atomic mass is 9.80. The van der Waals surface area contributed by atoms with E-state index in [1.807, 2.05) is 0 Å². The first-order chi connectivity index (χ1) is 13.1. The van der Waals surface area contributed by atoms with Gasteiger partial charge < -0.3 is 0 Å². The molecule has 2 aromatic carbocycles. The van der Waals surface area contributed by atoms with Crippen LogP contribution in [0.1, 0.15) is 35.4 Å². The molecule has 144 valence electrons. The highest BCUT2D eigenvalue weighted by Gasteiger charge is 2.36. The van der Waals surface area contributed by atoms with E-state index in [-0.39, 0.29) is 0 Å². The highest BCUT2D eigenvalue weighted by Crippen LogP contribution is 2.33. The van der Waals surface area contributed by atoms with Crippen molar-refractivity contribution in [3.05, 3.63) is 70.8 Å². The summed E-state index contributed by atoms with van der Waals surface area (Å²) in [6.07, 6.45) is 2.14. The quantitative estimate of drug-likeness (QED) is 0.857. The van der Waals surface area contributed by atoms with Crippen LogP contribution in [0.2, 0.25) is 0 Å². The van der Waals surface area contributed by atoms with Crippen LogP contribution in [0.15, 0.2) is 42.5 Å². The molecule has 0 aromatic heterocycles. The Morgan fingerprint density at radius 3 is 2.63 bits per heavy atom. The van der Waals surface area contributed by atoms with Crippen LogP contribution in [0, 0.1) is 24.5 Å². The summed E-state index contributed by atoms with van der Waals surface area (Å²) in [5, 5.41) is 0. The van der Waals surface area contributed by atoms with Gasteiger partial charge in [0.2, 0.25) is 0 Å². The molecule has 2 aliphatic rings. The van der Waals surface area contributed by atoms with Crippen molar-refractivity contribution >= 4 is 0 Å². The monoisotopic (exact) mass is 371 g/mol. The van der Waals surface area contributed by atoms with Crippen LogP contribution in [-0.4, -0.2) is 30.6 Å². The summed E-state index contributed by atoms with van der Waals surface area (Å²) in [6, 6.07) is 13.6. The summed E-state index contributed by atoms with van der Waals surface area (Å²) in [5.41, 5.74) is 9.98. The average Bonchev–Trinajstić information content (AvgIpc) is 3.16. The fourth-order valence-electron chi connectivity index (χ4n) is 4.57. The van der Waals surface area contributed by atoms with Crippen LogP contribution in [-0.2, 0) is 6.54 Å². The topological polar surface area (TPSA) is 27.3 Å². The molecule has 0 saturated carbocycles. The van der Waals surface area contributed by atoms with Crippen molar-refractivity contribution < 1.29 is 8.78 Å². The third-order valence-electron chi connectivity index (χ3n) is 6.06. The summed E-state index contributed by atoms with van der Waals surface area (Å²) in [4.78, 5) is 2.23. The summed E-state index contributed by atoms with van der Waals surface area (Å²) in [6.45, 7) is 5.40. The van der Waals surface area contributed by atoms with Crippen molar-refractivity contribution in [1.29, 1.82) is 0 Å². The lowest BCUT2D eigenvalue weighted by molar-refractivity contribution is 0.150. The molecule has 27 heavy (non-hydrogen) atoms. The van der Waals surface area contributed by atoms with E-state index < -0.39 is 11.6 Å². The van der Waals surface area contributed by atoms with Crippen LogP contribution in [0.4, 0.5) is 8.78 Å². The SMILES string of the molecule is Cc1cccc(C2CNNC2C2CCN(Cc3cccc(F)c3F)CC2)c1. The predicted octanol–water partition coefficient (Wildman–Crippen LogP) is 3.75. The zero-order valence-corrected chi connectivity index (χ0v) is 15.7. The van der Waals surface area contributed by atoms with Crippen LogP contribution in [0.5, 0.6) is 0 Å². The van der Waals surface area contributed by atoms with Gasteiger partial charge in [0.1, 0.15) is 0 Å². The zero-order valence-electron chi connectivity index (χ0n) is 15.7. The summed E-state index contributed by atoms with van der Waals surface area (Å²) >= 11 is 0. The van der Waals surface area contributed by atoms with Crippen molar-refractivity contribution in [3.8, 4) is 0 Å². The molecule has 0 radical (unpaired) electrons. The number of halogens is 2. The Labute approximate surface area is 159 Å². The third-order valence-corrected chi connectivity index (χ3v) is 6.06. The fraction of sp³-hybridized carbons (Fsp3) is 0.455. The van der Waals surface area contributed by atoms with Crippen LogP contribution in [0.3, 0.4) is 0 Å². The van der Waals surface area contributed by atoms with Crippen molar-refractivity contribution in [2.45, 2.75) is 38.3 Å². The average molecular weight is 371 g/mol. The van der Waals surface area contributed by atoms with E-state index in [4.69, 9.17) is 0 Å². The van der Waals surface area contributed by atoms with Crippen molar-refractivity contribution in [2.24, 2.45) is 5.92 Å². The number of piperidine rings is 1. The van der Waals surface area contributed by atoms with Gasteiger partial charge in [0.15, 0.2) is 11.6 Å². The maximum absolute atomic E-state index is 13.9. The van der Waals surface area contributed by atoms with Crippen molar-refractivity contribution in [3.63, 3.8) is 0 Å². The Bertz CT molecular complexity index is 787. The van der Waals surface area contributed by atoms with E-state index in [1.54, 1.807) is 12.1 Å². The number of nitrogens with one attached hydrogen (secondary N) is 2. The molecule has 2 atom stereocenters. The molecule has 3 nitrogen and oxygen atoms in total. The van der Waals surface area contributed by atoms with Gasteiger partial charge in [-0.2, -0.15) is 0 Å². The number of likely N-dealkylation sites (tertiary alicyclic amines) is 1. The largest absolute Gasteiger partial charge is 0.299 e. The van der Waals surface area contributed by atoms with E-state index in [1.165, 1.54) is 17.2 Å². The Balaban J connectivity index is 1.38. The lowest BCUT2D eigenvalue weighted by Crippen LogP contribution is -2.44.